The van der Waals surface area contributed by atoms with Gasteiger partial charge in [0.2, 0.25) is 0 Å². The van der Waals surface area contributed by atoms with Crippen molar-refractivity contribution < 1.29 is 9.21 Å². The first kappa shape index (κ1) is 16.0. The summed E-state index contributed by atoms with van der Waals surface area (Å²) in [6.07, 6.45) is 5.15. The lowest BCUT2D eigenvalue weighted by Gasteiger charge is -2.33. The first-order valence-corrected chi connectivity index (χ1v) is 9.13. The van der Waals surface area contributed by atoms with Crippen molar-refractivity contribution in [2.75, 3.05) is 13.1 Å². The van der Waals surface area contributed by atoms with E-state index in [0.717, 1.165) is 41.7 Å². The third kappa shape index (κ3) is 2.75. The Hall–Kier alpha value is -3.22. The molecule has 0 radical (unpaired) electrons. The fourth-order valence-electron chi connectivity index (χ4n) is 3.94. The maximum atomic E-state index is 13.1. The quantitative estimate of drug-likeness (QED) is 0.548. The summed E-state index contributed by atoms with van der Waals surface area (Å²) < 4.78 is 7.17. The minimum Gasteiger partial charge on any atom is -0.464 e. The first-order chi connectivity index (χ1) is 13.2. The molecule has 1 aliphatic heterocycles. The van der Waals surface area contributed by atoms with Gasteiger partial charge in [-0.3, -0.25) is 4.79 Å². The van der Waals surface area contributed by atoms with E-state index in [2.05, 4.69) is 21.1 Å². The van der Waals surface area contributed by atoms with Crippen LogP contribution in [0, 0.1) is 6.92 Å². The van der Waals surface area contributed by atoms with Crippen LogP contribution < -0.4 is 0 Å². The van der Waals surface area contributed by atoms with Gasteiger partial charge in [0.05, 0.1) is 12.0 Å². The molecule has 136 valence electrons. The highest BCUT2D eigenvalue weighted by Gasteiger charge is 2.28. The van der Waals surface area contributed by atoms with Gasteiger partial charge in [-0.25, -0.2) is 9.50 Å². The van der Waals surface area contributed by atoms with E-state index in [9.17, 15) is 4.79 Å². The third-order valence-corrected chi connectivity index (χ3v) is 5.23. The van der Waals surface area contributed by atoms with Crippen molar-refractivity contribution in [1.82, 2.24) is 24.5 Å². The summed E-state index contributed by atoms with van der Waals surface area (Å²) in [5.41, 5.74) is 3.47. The molecule has 0 unspecified atom stereocenters. The lowest BCUT2D eigenvalue weighted by Crippen LogP contribution is -2.39. The van der Waals surface area contributed by atoms with Crippen LogP contribution in [0.4, 0.5) is 0 Å². The van der Waals surface area contributed by atoms with Crippen LogP contribution in [-0.4, -0.2) is 43.5 Å². The zero-order chi connectivity index (χ0) is 18.4. The van der Waals surface area contributed by atoms with Crippen LogP contribution in [0.25, 0.3) is 16.7 Å². The normalized spacial score (nSPS) is 17.7. The summed E-state index contributed by atoms with van der Waals surface area (Å²) in [5, 5.41) is 5.27. The van der Waals surface area contributed by atoms with Crippen LogP contribution in [0.3, 0.4) is 0 Å². The van der Waals surface area contributed by atoms with Crippen molar-refractivity contribution in [1.29, 1.82) is 0 Å². The number of piperidine rings is 1. The molecule has 1 amide bonds. The van der Waals surface area contributed by atoms with Gasteiger partial charge in [-0.05, 0) is 50.1 Å². The van der Waals surface area contributed by atoms with Gasteiger partial charge in [0, 0.05) is 35.7 Å². The van der Waals surface area contributed by atoms with Crippen molar-refractivity contribution >= 4 is 22.7 Å². The fraction of sp³-hybridized carbons (Fsp3) is 0.300. The predicted octanol–water partition coefficient (Wildman–Crippen LogP) is 3.20. The molecule has 1 aromatic carbocycles. The van der Waals surface area contributed by atoms with Crippen molar-refractivity contribution in [2.45, 2.75) is 25.7 Å². The monoisotopic (exact) mass is 361 g/mol. The molecule has 1 atom stereocenters. The standard InChI is InChI=1S/C20H19N5O2/c1-13-9-17(25-20(23-13)21-12-22-25)16-3-2-7-24(11-16)19(26)15-4-5-18-14(10-15)6-8-27-18/h4-6,8-10,12,16H,2-3,7,11H2,1H3/t16-/m0/s1. The van der Waals surface area contributed by atoms with Crippen LogP contribution in [0.15, 0.2) is 47.3 Å². The predicted molar refractivity (Wildman–Crippen MR) is 99.6 cm³/mol. The maximum absolute atomic E-state index is 13.1. The zero-order valence-electron chi connectivity index (χ0n) is 15.0. The van der Waals surface area contributed by atoms with Crippen molar-refractivity contribution in [3.63, 3.8) is 0 Å². The van der Waals surface area contributed by atoms with E-state index in [4.69, 9.17) is 4.42 Å². The molecular formula is C20H19N5O2. The van der Waals surface area contributed by atoms with Crippen LogP contribution in [0.2, 0.25) is 0 Å². The molecule has 27 heavy (non-hydrogen) atoms. The number of hydrogen-bond acceptors (Lipinski definition) is 5. The Balaban J connectivity index is 1.44. The summed E-state index contributed by atoms with van der Waals surface area (Å²) >= 11 is 0. The molecule has 0 N–H and O–H groups in total. The molecule has 0 spiro atoms. The van der Waals surface area contributed by atoms with E-state index in [1.807, 2.05) is 36.1 Å². The molecule has 4 heterocycles. The summed E-state index contributed by atoms with van der Waals surface area (Å²) in [4.78, 5) is 23.6. The number of furan rings is 1. The van der Waals surface area contributed by atoms with Gasteiger partial charge in [-0.1, -0.05) is 0 Å². The molecule has 0 bridgehead atoms. The smallest absolute Gasteiger partial charge is 0.253 e. The van der Waals surface area contributed by atoms with Gasteiger partial charge < -0.3 is 9.32 Å². The summed E-state index contributed by atoms with van der Waals surface area (Å²) in [6.45, 7) is 3.40. The second kappa shape index (κ2) is 6.19. The van der Waals surface area contributed by atoms with E-state index in [1.54, 1.807) is 10.8 Å². The van der Waals surface area contributed by atoms with Crippen molar-refractivity contribution in [3.05, 3.63) is 59.9 Å². The Morgan fingerprint density at radius 1 is 1.26 bits per heavy atom. The Morgan fingerprint density at radius 2 is 2.19 bits per heavy atom. The van der Waals surface area contributed by atoms with Crippen LogP contribution in [-0.2, 0) is 0 Å². The average Bonchev–Trinajstić information content (AvgIpc) is 3.35. The fourth-order valence-corrected chi connectivity index (χ4v) is 3.94. The van der Waals surface area contributed by atoms with Crippen molar-refractivity contribution in [3.8, 4) is 0 Å². The third-order valence-electron chi connectivity index (χ3n) is 5.23. The van der Waals surface area contributed by atoms with E-state index >= 15 is 0 Å². The number of amides is 1. The number of aryl methyl sites for hydroxylation is 1. The lowest BCUT2D eigenvalue weighted by atomic mass is 9.93. The summed E-state index contributed by atoms with van der Waals surface area (Å²) in [7, 11) is 0. The summed E-state index contributed by atoms with van der Waals surface area (Å²) in [5.74, 6) is 0.883. The lowest BCUT2D eigenvalue weighted by molar-refractivity contribution is 0.0705. The molecule has 0 aliphatic carbocycles. The van der Waals surface area contributed by atoms with Gasteiger partial charge in [0.15, 0.2) is 0 Å². The van der Waals surface area contributed by atoms with E-state index in [0.29, 0.717) is 17.9 Å². The van der Waals surface area contributed by atoms with Crippen LogP contribution in [0.1, 0.15) is 40.5 Å². The highest BCUT2D eigenvalue weighted by atomic mass is 16.3. The van der Waals surface area contributed by atoms with Gasteiger partial charge >= 0.3 is 0 Å². The number of likely N-dealkylation sites (tertiary alicyclic amines) is 1. The number of carbonyl (C=O) groups excluding carboxylic acids is 1. The maximum Gasteiger partial charge on any atom is 0.253 e. The van der Waals surface area contributed by atoms with Gasteiger partial charge in [-0.15, -0.1) is 0 Å². The topological polar surface area (TPSA) is 76.5 Å². The van der Waals surface area contributed by atoms with Gasteiger partial charge in [-0.2, -0.15) is 10.1 Å². The Labute approximate surface area is 155 Å². The van der Waals surface area contributed by atoms with Gasteiger partial charge in [0.1, 0.15) is 11.9 Å². The van der Waals surface area contributed by atoms with Crippen molar-refractivity contribution in [2.24, 2.45) is 0 Å². The average molecular weight is 361 g/mol. The van der Waals surface area contributed by atoms with Crippen LogP contribution >= 0.6 is 0 Å². The second-order valence-electron chi connectivity index (χ2n) is 7.06. The SMILES string of the molecule is Cc1cc([C@H]2CCCN(C(=O)c3ccc4occc4c3)C2)n2ncnc2n1. The van der Waals surface area contributed by atoms with E-state index in [1.165, 1.54) is 6.33 Å². The molecule has 5 rings (SSSR count). The van der Waals surface area contributed by atoms with E-state index < -0.39 is 0 Å². The second-order valence-corrected chi connectivity index (χ2v) is 7.06. The number of carbonyl (C=O) groups is 1. The molecule has 7 heteroatoms. The molecule has 1 aliphatic rings. The molecule has 0 saturated carbocycles. The minimum absolute atomic E-state index is 0.0587. The highest BCUT2D eigenvalue weighted by Crippen LogP contribution is 2.28. The largest absolute Gasteiger partial charge is 0.464 e. The molecule has 4 aromatic rings. The Kier molecular flexibility index (Phi) is 3.67. The number of nitrogens with zero attached hydrogens (tertiary/aromatic N) is 5. The van der Waals surface area contributed by atoms with Gasteiger partial charge in [0.25, 0.3) is 11.7 Å². The minimum atomic E-state index is 0.0587. The number of rotatable bonds is 2. The molecular weight excluding hydrogens is 342 g/mol. The molecule has 1 saturated heterocycles. The Bertz CT molecular complexity index is 1150. The summed E-state index contributed by atoms with van der Waals surface area (Å²) in [6, 6.07) is 9.53. The zero-order valence-corrected chi connectivity index (χ0v) is 15.0. The Morgan fingerprint density at radius 3 is 3.11 bits per heavy atom. The molecule has 3 aromatic heterocycles. The highest BCUT2D eigenvalue weighted by molar-refractivity contribution is 5.97. The number of aromatic nitrogens is 4. The van der Waals surface area contributed by atoms with E-state index in [-0.39, 0.29) is 11.8 Å². The molecule has 1 fully saturated rings. The molecule has 7 nitrogen and oxygen atoms in total. The number of benzene rings is 1. The number of hydrogen-bond donors (Lipinski definition) is 0. The number of fused-ring (bicyclic) bond motifs is 2. The van der Waals surface area contributed by atoms with Crippen LogP contribution in [0.5, 0.6) is 0 Å². The first-order valence-electron chi connectivity index (χ1n) is 9.13.